The first-order valence-electron chi connectivity index (χ1n) is 5.93. The van der Waals surface area contributed by atoms with Gasteiger partial charge in [0.25, 0.3) is 5.91 Å². The van der Waals surface area contributed by atoms with Crippen molar-refractivity contribution in [1.82, 2.24) is 5.32 Å². The van der Waals surface area contributed by atoms with Crippen LogP contribution in [0, 0.1) is 5.82 Å². The molecule has 1 heterocycles. The number of amides is 1. The standard InChI is InChI=1S/C14H14FNOS2/c1-2-9-5-6-19-13(9)8-16-14(17)10-3-4-11(15)12(18)7-10/h3-7,18H,2,8H2,1H3,(H,16,17). The first-order chi connectivity index (χ1) is 9.11. The Labute approximate surface area is 121 Å². The number of benzene rings is 1. The molecule has 1 N–H and O–H groups in total. The van der Waals surface area contributed by atoms with E-state index in [4.69, 9.17) is 0 Å². The average Bonchev–Trinajstić information content (AvgIpc) is 2.86. The molecule has 0 spiro atoms. The van der Waals surface area contributed by atoms with Gasteiger partial charge in [-0.2, -0.15) is 0 Å². The van der Waals surface area contributed by atoms with Crippen LogP contribution in [0.3, 0.4) is 0 Å². The molecule has 0 aliphatic heterocycles. The van der Waals surface area contributed by atoms with E-state index in [0.29, 0.717) is 12.1 Å². The Balaban J connectivity index is 2.03. The molecule has 1 aromatic carbocycles. The Morgan fingerprint density at radius 3 is 2.89 bits per heavy atom. The molecule has 5 heteroatoms. The van der Waals surface area contributed by atoms with E-state index >= 15 is 0 Å². The van der Waals surface area contributed by atoms with Gasteiger partial charge in [-0.1, -0.05) is 6.92 Å². The highest BCUT2D eigenvalue weighted by Gasteiger charge is 2.09. The zero-order valence-corrected chi connectivity index (χ0v) is 12.2. The summed E-state index contributed by atoms with van der Waals surface area (Å²) in [4.78, 5) is 13.3. The van der Waals surface area contributed by atoms with E-state index in [1.165, 1.54) is 23.8 Å². The lowest BCUT2D eigenvalue weighted by Gasteiger charge is -2.06. The quantitative estimate of drug-likeness (QED) is 0.828. The van der Waals surface area contributed by atoms with Gasteiger partial charge in [0.2, 0.25) is 0 Å². The van der Waals surface area contributed by atoms with Gasteiger partial charge in [-0.25, -0.2) is 4.39 Å². The zero-order chi connectivity index (χ0) is 13.8. The van der Waals surface area contributed by atoms with Crippen molar-refractivity contribution < 1.29 is 9.18 Å². The highest BCUT2D eigenvalue weighted by atomic mass is 32.1. The largest absolute Gasteiger partial charge is 0.347 e. The molecule has 0 saturated heterocycles. The number of nitrogens with one attached hydrogen (secondary N) is 1. The third kappa shape index (κ3) is 3.36. The van der Waals surface area contributed by atoms with E-state index in [2.05, 4.69) is 30.9 Å². The first-order valence-corrected chi connectivity index (χ1v) is 7.26. The summed E-state index contributed by atoms with van der Waals surface area (Å²) in [5.74, 6) is -0.642. The van der Waals surface area contributed by atoms with E-state index in [9.17, 15) is 9.18 Å². The lowest BCUT2D eigenvalue weighted by Crippen LogP contribution is -2.22. The van der Waals surface area contributed by atoms with Crippen molar-refractivity contribution >= 4 is 29.9 Å². The van der Waals surface area contributed by atoms with Crippen LogP contribution >= 0.6 is 24.0 Å². The molecule has 0 atom stereocenters. The number of carbonyl (C=O) groups excluding carboxylic acids is 1. The van der Waals surface area contributed by atoms with Crippen molar-refractivity contribution in [2.75, 3.05) is 0 Å². The van der Waals surface area contributed by atoms with Crippen LogP contribution in [0.1, 0.15) is 27.7 Å². The maximum absolute atomic E-state index is 13.1. The molecule has 19 heavy (non-hydrogen) atoms. The van der Waals surface area contributed by atoms with Gasteiger partial charge in [-0.05, 0) is 41.6 Å². The molecule has 0 aliphatic carbocycles. The number of rotatable bonds is 4. The summed E-state index contributed by atoms with van der Waals surface area (Å²) in [6, 6.07) is 6.21. The van der Waals surface area contributed by atoms with E-state index in [1.807, 2.05) is 5.38 Å². The van der Waals surface area contributed by atoms with Crippen molar-refractivity contribution in [3.05, 3.63) is 51.5 Å². The fourth-order valence-electron chi connectivity index (χ4n) is 1.75. The van der Waals surface area contributed by atoms with Crippen molar-refractivity contribution in [3.63, 3.8) is 0 Å². The maximum Gasteiger partial charge on any atom is 0.251 e. The Hall–Kier alpha value is -1.33. The molecule has 2 rings (SSSR count). The summed E-state index contributed by atoms with van der Waals surface area (Å²) in [5, 5.41) is 4.86. The van der Waals surface area contributed by atoms with Crippen LogP contribution in [0.15, 0.2) is 34.5 Å². The van der Waals surface area contributed by atoms with Crippen molar-refractivity contribution in [2.45, 2.75) is 24.8 Å². The second-order valence-electron chi connectivity index (χ2n) is 4.07. The highest BCUT2D eigenvalue weighted by molar-refractivity contribution is 7.80. The molecule has 0 bridgehead atoms. The Morgan fingerprint density at radius 1 is 1.42 bits per heavy atom. The van der Waals surface area contributed by atoms with E-state index < -0.39 is 5.82 Å². The van der Waals surface area contributed by atoms with Gasteiger partial charge in [-0.3, -0.25) is 4.79 Å². The van der Waals surface area contributed by atoms with E-state index in [1.54, 1.807) is 11.3 Å². The number of thiol groups is 1. The molecular formula is C14H14FNOS2. The molecule has 1 amide bonds. The van der Waals surface area contributed by atoms with Gasteiger partial charge >= 0.3 is 0 Å². The second kappa shape index (κ2) is 6.21. The van der Waals surface area contributed by atoms with Gasteiger partial charge in [0.1, 0.15) is 5.82 Å². The molecule has 100 valence electrons. The summed E-state index contributed by atoms with van der Waals surface area (Å²) in [6.45, 7) is 2.58. The SMILES string of the molecule is CCc1ccsc1CNC(=O)c1ccc(F)c(S)c1. The molecule has 0 saturated carbocycles. The number of aryl methyl sites for hydroxylation is 1. The third-order valence-corrected chi connectivity index (χ3v) is 4.14. The van der Waals surface area contributed by atoms with Crippen LogP contribution < -0.4 is 5.32 Å². The Bertz CT molecular complexity index is 595. The van der Waals surface area contributed by atoms with E-state index in [0.717, 1.165) is 11.3 Å². The molecule has 0 radical (unpaired) electrons. The second-order valence-corrected chi connectivity index (χ2v) is 5.55. The summed E-state index contributed by atoms with van der Waals surface area (Å²) >= 11 is 5.60. The van der Waals surface area contributed by atoms with E-state index in [-0.39, 0.29) is 10.8 Å². The predicted octanol–water partition coefficient (Wildman–Crippen LogP) is 3.67. The number of hydrogen-bond acceptors (Lipinski definition) is 3. The summed E-state index contributed by atoms with van der Waals surface area (Å²) in [7, 11) is 0. The molecule has 0 unspecified atom stereocenters. The molecule has 0 aliphatic rings. The fraction of sp³-hybridized carbons (Fsp3) is 0.214. The minimum Gasteiger partial charge on any atom is -0.347 e. The number of carbonyl (C=O) groups is 1. The van der Waals surface area contributed by atoms with Crippen molar-refractivity contribution in [2.24, 2.45) is 0 Å². The molecule has 0 fully saturated rings. The topological polar surface area (TPSA) is 29.1 Å². The van der Waals surface area contributed by atoms with Gasteiger partial charge < -0.3 is 5.32 Å². The number of hydrogen-bond donors (Lipinski definition) is 2. The average molecular weight is 295 g/mol. The minimum absolute atomic E-state index is 0.179. The first kappa shape index (κ1) is 14.1. The summed E-state index contributed by atoms with van der Waals surface area (Å²) < 4.78 is 13.1. The maximum atomic E-state index is 13.1. The molecule has 2 aromatic rings. The van der Waals surface area contributed by atoms with Crippen LogP contribution in [0.4, 0.5) is 4.39 Å². The van der Waals surface area contributed by atoms with Gasteiger partial charge in [0.15, 0.2) is 0 Å². The lowest BCUT2D eigenvalue weighted by molar-refractivity contribution is 0.0951. The summed E-state index contributed by atoms with van der Waals surface area (Å²) in [5.41, 5.74) is 1.67. The smallest absolute Gasteiger partial charge is 0.251 e. The molecule has 1 aromatic heterocycles. The number of thiophene rings is 1. The number of halogens is 1. The Kier molecular flexibility index (Phi) is 4.61. The normalized spacial score (nSPS) is 10.5. The predicted molar refractivity (Wildman–Crippen MR) is 78.5 cm³/mol. The fourth-order valence-corrected chi connectivity index (χ4v) is 2.88. The molecular weight excluding hydrogens is 281 g/mol. The van der Waals surface area contributed by atoms with Crippen LogP contribution in [-0.2, 0) is 13.0 Å². The van der Waals surface area contributed by atoms with Gasteiger partial charge in [-0.15, -0.1) is 24.0 Å². The van der Waals surface area contributed by atoms with Gasteiger partial charge in [0, 0.05) is 15.3 Å². The lowest BCUT2D eigenvalue weighted by atomic mass is 10.2. The third-order valence-electron chi connectivity index (χ3n) is 2.84. The Morgan fingerprint density at radius 2 is 2.21 bits per heavy atom. The van der Waals surface area contributed by atoms with Crippen LogP contribution in [0.25, 0.3) is 0 Å². The monoisotopic (exact) mass is 295 g/mol. The zero-order valence-electron chi connectivity index (χ0n) is 10.4. The van der Waals surface area contributed by atoms with Gasteiger partial charge in [0.05, 0.1) is 6.54 Å². The van der Waals surface area contributed by atoms with Crippen molar-refractivity contribution in [3.8, 4) is 0 Å². The highest BCUT2D eigenvalue weighted by Crippen LogP contribution is 2.18. The van der Waals surface area contributed by atoms with Crippen LogP contribution in [-0.4, -0.2) is 5.91 Å². The minimum atomic E-state index is -0.425. The van der Waals surface area contributed by atoms with Crippen LogP contribution in [0.2, 0.25) is 0 Å². The van der Waals surface area contributed by atoms with Crippen molar-refractivity contribution in [1.29, 1.82) is 0 Å². The van der Waals surface area contributed by atoms with Crippen LogP contribution in [0.5, 0.6) is 0 Å². The summed E-state index contributed by atoms with van der Waals surface area (Å²) in [6.07, 6.45) is 0.950. The molecule has 2 nitrogen and oxygen atoms in total.